The maximum absolute atomic E-state index is 14.6. The van der Waals surface area contributed by atoms with Crippen LogP contribution in [0.4, 0.5) is 26.7 Å². The lowest BCUT2D eigenvalue weighted by molar-refractivity contribution is -0.296. The summed E-state index contributed by atoms with van der Waals surface area (Å²) < 4.78 is 89.4. The molecule has 198 valence electrons. The van der Waals surface area contributed by atoms with Crippen LogP contribution in [-0.4, -0.2) is 65.9 Å². The molecule has 1 aliphatic rings. The van der Waals surface area contributed by atoms with Crippen LogP contribution in [0.5, 0.6) is 5.75 Å². The summed E-state index contributed by atoms with van der Waals surface area (Å²) in [5.74, 6) is -3.64. The average Bonchev–Trinajstić information content (AvgIpc) is 2.82. The number of pyridine rings is 1. The molecule has 3 rings (SSSR count). The largest absolute Gasteiger partial charge is 0.508 e. The van der Waals surface area contributed by atoms with Gasteiger partial charge < -0.3 is 29.2 Å². The molecule has 8 nitrogen and oxygen atoms in total. The van der Waals surface area contributed by atoms with Gasteiger partial charge in [-0.3, -0.25) is 4.98 Å². The number of ether oxygens (including phenoxy) is 4. The number of rotatable bonds is 7. The van der Waals surface area contributed by atoms with Crippen LogP contribution in [0.25, 0.3) is 0 Å². The van der Waals surface area contributed by atoms with Gasteiger partial charge in [0.15, 0.2) is 6.10 Å². The minimum absolute atomic E-state index is 0.0813. The summed E-state index contributed by atoms with van der Waals surface area (Å²) in [6.45, 7) is 0.351. The summed E-state index contributed by atoms with van der Waals surface area (Å²) >= 11 is 0. The number of carbonyl (C=O) groups is 1. The minimum atomic E-state index is -4.74. The molecule has 36 heavy (non-hydrogen) atoms. The molecule has 2 N–H and O–H groups in total. The summed E-state index contributed by atoms with van der Waals surface area (Å²) in [6.07, 6.45) is -13.7. The molecule has 0 radical (unpaired) electrons. The van der Waals surface area contributed by atoms with E-state index in [-0.39, 0.29) is 29.8 Å². The first-order valence-corrected chi connectivity index (χ1v) is 10.8. The number of hydrogen-bond donors (Lipinski definition) is 2. The van der Waals surface area contributed by atoms with Crippen molar-refractivity contribution in [2.75, 3.05) is 20.3 Å². The van der Waals surface area contributed by atoms with E-state index in [1.165, 1.54) is 32.4 Å². The Morgan fingerprint density at radius 3 is 2.47 bits per heavy atom. The third kappa shape index (κ3) is 6.02. The Labute approximate surface area is 202 Å². The van der Waals surface area contributed by atoms with Crippen LogP contribution >= 0.6 is 0 Å². The molecule has 1 fully saturated rings. The lowest BCUT2D eigenvalue weighted by Gasteiger charge is -2.42. The first-order chi connectivity index (χ1) is 16.9. The second-order valence-electron chi connectivity index (χ2n) is 7.93. The molecular weight excluding hydrogens is 497 g/mol. The van der Waals surface area contributed by atoms with Gasteiger partial charge in [0.25, 0.3) is 0 Å². The predicted molar refractivity (Wildman–Crippen MR) is 113 cm³/mol. The zero-order chi connectivity index (χ0) is 26.7. The Morgan fingerprint density at radius 2 is 1.89 bits per heavy atom. The second-order valence-corrected chi connectivity index (χ2v) is 7.93. The molecule has 0 aliphatic carbocycles. The first kappa shape index (κ1) is 27.6. The number of aromatic nitrogens is 1. The van der Waals surface area contributed by atoms with Crippen LogP contribution in [0, 0.1) is 0 Å². The van der Waals surface area contributed by atoms with Crippen molar-refractivity contribution in [3.63, 3.8) is 0 Å². The summed E-state index contributed by atoms with van der Waals surface area (Å²) in [5.41, 5.74) is -1.10. The zero-order valence-electron chi connectivity index (χ0n) is 19.2. The van der Waals surface area contributed by atoms with Crippen molar-refractivity contribution in [2.24, 2.45) is 0 Å². The van der Waals surface area contributed by atoms with Crippen molar-refractivity contribution in [3.8, 4) is 5.75 Å². The number of hydrogen-bond acceptors (Lipinski definition) is 8. The number of benzene rings is 1. The van der Waals surface area contributed by atoms with Gasteiger partial charge >= 0.3 is 18.3 Å². The van der Waals surface area contributed by atoms with E-state index in [9.17, 15) is 37.0 Å². The Morgan fingerprint density at radius 1 is 1.17 bits per heavy atom. The van der Waals surface area contributed by atoms with E-state index in [1.54, 1.807) is 0 Å². The van der Waals surface area contributed by atoms with E-state index in [2.05, 4.69) is 14.5 Å². The number of carbonyl (C=O) groups excluding carboxylic acids is 1. The maximum Gasteiger partial charge on any atom is 0.508 e. The van der Waals surface area contributed by atoms with Gasteiger partial charge in [-0.1, -0.05) is 12.1 Å². The molecule has 1 aromatic carbocycles. The van der Waals surface area contributed by atoms with Crippen LogP contribution < -0.4 is 4.74 Å². The molecule has 4 atom stereocenters. The van der Waals surface area contributed by atoms with Crippen molar-refractivity contribution in [1.82, 2.24) is 4.98 Å². The number of nitrogens with zero attached hydrogens (tertiary/aromatic N) is 1. The molecule has 1 aromatic heterocycles. The molecule has 0 spiro atoms. The van der Waals surface area contributed by atoms with Gasteiger partial charge in [-0.25, -0.2) is 13.6 Å². The highest BCUT2D eigenvalue weighted by atomic mass is 19.4. The molecular formula is C23H24F5NO7. The third-order valence-corrected chi connectivity index (χ3v) is 5.55. The highest BCUT2D eigenvalue weighted by Crippen LogP contribution is 2.42. The standard InChI is InChI=1S/C23H24F5NO7/c1-3-34-21(32)35-11-17-22(24,25)20(31)18(30)19(36-17)12-4-7-16(23(26,27)28)13(8-12)9-14-5-6-15(33-2)10-29-14/h4-8,10,17-20,30-31H,3,9,11H2,1-2H3. The molecule has 0 amide bonds. The van der Waals surface area contributed by atoms with Crippen LogP contribution in [0.3, 0.4) is 0 Å². The summed E-state index contributed by atoms with van der Waals surface area (Å²) in [6, 6.07) is 5.71. The quantitative estimate of drug-likeness (QED) is 0.420. The maximum atomic E-state index is 14.6. The van der Waals surface area contributed by atoms with Gasteiger partial charge in [0, 0.05) is 12.1 Å². The van der Waals surface area contributed by atoms with Crippen LogP contribution in [0.15, 0.2) is 36.5 Å². The molecule has 0 bridgehead atoms. The van der Waals surface area contributed by atoms with Gasteiger partial charge in [0.2, 0.25) is 0 Å². The van der Waals surface area contributed by atoms with E-state index < -0.39 is 54.8 Å². The number of alkyl halides is 5. The summed E-state index contributed by atoms with van der Waals surface area (Å²) in [7, 11) is 1.40. The Balaban J connectivity index is 1.93. The van der Waals surface area contributed by atoms with Crippen molar-refractivity contribution in [3.05, 3.63) is 58.9 Å². The fourth-order valence-electron chi connectivity index (χ4n) is 3.71. The van der Waals surface area contributed by atoms with Crippen molar-refractivity contribution in [2.45, 2.75) is 49.9 Å². The predicted octanol–water partition coefficient (Wildman–Crippen LogP) is 3.67. The lowest BCUT2D eigenvalue weighted by atomic mass is 9.88. The SMILES string of the molecule is CCOC(=O)OCC1OC(c2ccc(C(F)(F)F)c(Cc3ccc(OC)cn3)c2)C(O)C(O)C1(F)F. The zero-order valence-corrected chi connectivity index (χ0v) is 19.2. The second kappa shape index (κ2) is 10.9. The summed E-state index contributed by atoms with van der Waals surface area (Å²) in [4.78, 5) is 15.5. The topological polar surface area (TPSA) is 107 Å². The van der Waals surface area contributed by atoms with E-state index in [4.69, 9.17) is 9.47 Å². The van der Waals surface area contributed by atoms with Gasteiger partial charge in [0.1, 0.15) is 30.7 Å². The Bertz CT molecular complexity index is 1050. The fourth-order valence-corrected chi connectivity index (χ4v) is 3.71. The van der Waals surface area contributed by atoms with Gasteiger partial charge in [0.05, 0.1) is 25.5 Å². The highest BCUT2D eigenvalue weighted by molar-refractivity contribution is 5.59. The van der Waals surface area contributed by atoms with Crippen LogP contribution in [0.2, 0.25) is 0 Å². The Kier molecular flexibility index (Phi) is 8.37. The number of halogens is 5. The van der Waals surface area contributed by atoms with E-state index in [0.29, 0.717) is 5.75 Å². The average molecular weight is 521 g/mol. The van der Waals surface area contributed by atoms with E-state index >= 15 is 0 Å². The molecule has 2 heterocycles. The van der Waals surface area contributed by atoms with Crippen molar-refractivity contribution >= 4 is 6.16 Å². The van der Waals surface area contributed by atoms with Crippen LogP contribution in [-0.2, 0) is 26.8 Å². The lowest BCUT2D eigenvalue weighted by Crippen LogP contribution is -2.60. The Hall–Kier alpha value is -3.03. The monoisotopic (exact) mass is 521 g/mol. The highest BCUT2D eigenvalue weighted by Gasteiger charge is 2.58. The van der Waals surface area contributed by atoms with Crippen molar-refractivity contribution < 1.29 is 55.9 Å². The van der Waals surface area contributed by atoms with Crippen molar-refractivity contribution in [1.29, 1.82) is 0 Å². The van der Waals surface area contributed by atoms with Gasteiger partial charge in [-0.2, -0.15) is 13.2 Å². The number of methoxy groups -OCH3 is 1. The van der Waals surface area contributed by atoms with Crippen LogP contribution in [0.1, 0.15) is 35.4 Å². The van der Waals surface area contributed by atoms with E-state index in [0.717, 1.165) is 18.2 Å². The molecule has 0 saturated carbocycles. The van der Waals surface area contributed by atoms with E-state index in [1.807, 2.05) is 0 Å². The molecule has 4 unspecified atom stereocenters. The fraction of sp³-hybridized carbons (Fsp3) is 0.478. The normalized spacial score (nSPS) is 23.7. The number of aliphatic hydroxyl groups excluding tert-OH is 2. The smallest absolute Gasteiger partial charge is 0.495 e. The first-order valence-electron chi connectivity index (χ1n) is 10.8. The van der Waals surface area contributed by atoms with Gasteiger partial charge in [-0.05, 0) is 36.2 Å². The minimum Gasteiger partial charge on any atom is -0.495 e. The number of aliphatic hydroxyl groups is 2. The molecule has 2 aromatic rings. The van der Waals surface area contributed by atoms with Gasteiger partial charge in [-0.15, -0.1) is 0 Å². The summed E-state index contributed by atoms with van der Waals surface area (Å²) in [5, 5.41) is 20.4. The molecule has 1 saturated heterocycles. The molecule has 13 heteroatoms. The third-order valence-electron chi connectivity index (χ3n) is 5.55. The molecule has 1 aliphatic heterocycles.